The molecule has 0 aliphatic heterocycles. The normalized spacial score (nSPS) is 16.1. The third-order valence-corrected chi connectivity index (χ3v) is 2.63. The minimum atomic E-state index is 0. The predicted octanol–water partition coefficient (Wildman–Crippen LogP) is 2.23. The van der Waals surface area contributed by atoms with E-state index in [0.717, 1.165) is 11.6 Å². The third-order valence-electron chi connectivity index (χ3n) is 2.63. The summed E-state index contributed by atoms with van der Waals surface area (Å²) in [5.74, 6) is 0.782. The standard InChI is InChI=1S/C10H14N2.ClH/c11-6-10-5-4-9(7-12-10)8-2-1-3-8;/h4-5,7-8H,1-3,6,11H2;1H. The molecule has 2 nitrogen and oxygen atoms in total. The molecule has 0 radical (unpaired) electrons. The Bertz CT molecular complexity index is 254. The van der Waals surface area contributed by atoms with Crippen molar-refractivity contribution in [2.45, 2.75) is 31.7 Å². The van der Waals surface area contributed by atoms with Crippen molar-refractivity contribution < 1.29 is 0 Å². The average Bonchev–Trinajstić information content (AvgIpc) is 2.03. The van der Waals surface area contributed by atoms with Crippen molar-refractivity contribution in [3.63, 3.8) is 0 Å². The highest BCUT2D eigenvalue weighted by Gasteiger charge is 2.19. The fraction of sp³-hybridized carbons (Fsp3) is 0.500. The largest absolute Gasteiger partial charge is 0.325 e. The van der Waals surface area contributed by atoms with Crippen LogP contribution < -0.4 is 5.73 Å². The molecule has 0 unspecified atom stereocenters. The zero-order chi connectivity index (χ0) is 8.39. The highest BCUT2D eigenvalue weighted by molar-refractivity contribution is 5.85. The van der Waals surface area contributed by atoms with Crippen molar-refractivity contribution >= 4 is 12.4 Å². The molecule has 2 N–H and O–H groups in total. The van der Waals surface area contributed by atoms with E-state index in [4.69, 9.17) is 5.73 Å². The van der Waals surface area contributed by atoms with Crippen LogP contribution in [-0.4, -0.2) is 4.98 Å². The van der Waals surface area contributed by atoms with Crippen molar-refractivity contribution in [2.24, 2.45) is 5.73 Å². The second-order valence-corrected chi connectivity index (χ2v) is 3.41. The van der Waals surface area contributed by atoms with E-state index in [-0.39, 0.29) is 12.4 Å². The van der Waals surface area contributed by atoms with Crippen LogP contribution in [0.5, 0.6) is 0 Å². The van der Waals surface area contributed by atoms with Gasteiger partial charge in [-0.05, 0) is 30.4 Å². The summed E-state index contributed by atoms with van der Waals surface area (Å²) in [4.78, 5) is 4.28. The minimum absolute atomic E-state index is 0. The van der Waals surface area contributed by atoms with E-state index in [9.17, 15) is 0 Å². The molecule has 0 bridgehead atoms. The fourth-order valence-electron chi connectivity index (χ4n) is 1.54. The zero-order valence-corrected chi connectivity index (χ0v) is 8.39. The molecule has 1 saturated carbocycles. The van der Waals surface area contributed by atoms with Crippen LogP contribution in [0.4, 0.5) is 0 Å². The van der Waals surface area contributed by atoms with Crippen LogP contribution in [0.3, 0.4) is 0 Å². The molecule has 1 aromatic heterocycles. The van der Waals surface area contributed by atoms with Gasteiger partial charge in [-0.3, -0.25) is 4.98 Å². The second kappa shape index (κ2) is 4.58. The third kappa shape index (κ3) is 2.20. The molecule has 2 rings (SSSR count). The fourth-order valence-corrected chi connectivity index (χ4v) is 1.54. The summed E-state index contributed by atoms with van der Waals surface area (Å²) in [5, 5.41) is 0. The van der Waals surface area contributed by atoms with Crippen molar-refractivity contribution in [2.75, 3.05) is 0 Å². The number of hydrogen-bond donors (Lipinski definition) is 1. The molecular weight excluding hydrogens is 184 g/mol. The van der Waals surface area contributed by atoms with Gasteiger partial charge in [-0.1, -0.05) is 12.5 Å². The van der Waals surface area contributed by atoms with Crippen molar-refractivity contribution in [1.82, 2.24) is 4.98 Å². The Labute approximate surface area is 85.0 Å². The molecule has 1 fully saturated rings. The van der Waals surface area contributed by atoms with Gasteiger partial charge < -0.3 is 5.73 Å². The highest BCUT2D eigenvalue weighted by Crippen LogP contribution is 2.35. The Kier molecular flexibility index (Phi) is 3.70. The monoisotopic (exact) mass is 198 g/mol. The van der Waals surface area contributed by atoms with Gasteiger partial charge in [0.15, 0.2) is 0 Å². The summed E-state index contributed by atoms with van der Waals surface area (Å²) in [5.41, 5.74) is 7.83. The Morgan fingerprint density at radius 1 is 1.38 bits per heavy atom. The maximum atomic E-state index is 5.46. The first kappa shape index (κ1) is 10.5. The number of rotatable bonds is 2. The number of nitrogens with zero attached hydrogens (tertiary/aromatic N) is 1. The number of halogens is 1. The first-order chi connectivity index (χ1) is 5.90. The molecule has 1 aliphatic rings. The summed E-state index contributed by atoms with van der Waals surface area (Å²) in [6, 6.07) is 4.20. The quantitative estimate of drug-likeness (QED) is 0.792. The first-order valence-electron chi connectivity index (χ1n) is 4.55. The zero-order valence-electron chi connectivity index (χ0n) is 7.57. The second-order valence-electron chi connectivity index (χ2n) is 3.41. The highest BCUT2D eigenvalue weighted by atomic mass is 35.5. The summed E-state index contributed by atoms with van der Waals surface area (Å²) < 4.78 is 0. The molecular formula is C10H15ClN2. The van der Waals surface area contributed by atoms with Gasteiger partial charge in [0.05, 0.1) is 5.69 Å². The van der Waals surface area contributed by atoms with Crippen LogP contribution in [0, 0.1) is 0 Å². The van der Waals surface area contributed by atoms with Crippen LogP contribution in [0.25, 0.3) is 0 Å². The van der Waals surface area contributed by atoms with Gasteiger partial charge in [0.2, 0.25) is 0 Å². The summed E-state index contributed by atoms with van der Waals surface area (Å²) >= 11 is 0. The van der Waals surface area contributed by atoms with Gasteiger partial charge in [0.1, 0.15) is 0 Å². The van der Waals surface area contributed by atoms with E-state index in [2.05, 4.69) is 11.1 Å². The summed E-state index contributed by atoms with van der Waals surface area (Å²) in [6.07, 6.45) is 6.03. The molecule has 0 saturated heterocycles. The molecule has 13 heavy (non-hydrogen) atoms. The van der Waals surface area contributed by atoms with Crippen LogP contribution in [0.2, 0.25) is 0 Å². The van der Waals surface area contributed by atoms with Gasteiger partial charge in [-0.15, -0.1) is 12.4 Å². The lowest BCUT2D eigenvalue weighted by molar-refractivity contribution is 0.418. The number of aromatic nitrogens is 1. The lowest BCUT2D eigenvalue weighted by Crippen LogP contribution is -2.09. The van der Waals surface area contributed by atoms with Crippen LogP contribution in [-0.2, 0) is 6.54 Å². The smallest absolute Gasteiger partial charge is 0.0539 e. The van der Waals surface area contributed by atoms with Gasteiger partial charge in [-0.2, -0.15) is 0 Å². The van der Waals surface area contributed by atoms with Crippen LogP contribution >= 0.6 is 12.4 Å². The molecule has 3 heteroatoms. The van der Waals surface area contributed by atoms with E-state index in [0.29, 0.717) is 6.54 Å². The lowest BCUT2D eigenvalue weighted by atomic mass is 9.81. The molecule has 0 atom stereocenters. The van der Waals surface area contributed by atoms with Crippen LogP contribution in [0.1, 0.15) is 36.4 Å². The lowest BCUT2D eigenvalue weighted by Gasteiger charge is -2.25. The SMILES string of the molecule is Cl.NCc1ccc(C2CCC2)cn1. The van der Waals surface area contributed by atoms with Gasteiger partial charge in [0, 0.05) is 12.7 Å². The maximum Gasteiger partial charge on any atom is 0.0539 e. The van der Waals surface area contributed by atoms with Crippen molar-refractivity contribution in [3.05, 3.63) is 29.6 Å². The minimum Gasteiger partial charge on any atom is -0.325 e. The Balaban J connectivity index is 0.000000845. The molecule has 1 aromatic rings. The molecule has 0 aromatic carbocycles. The van der Waals surface area contributed by atoms with Gasteiger partial charge in [-0.25, -0.2) is 0 Å². The van der Waals surface area contributed by atoms with E-state index in [1.54, 1.807) is 0 Å². The van der Waals surface area contributed by atoms with Crippen molar-refractivity contribution in [1.29, 1.82) is 0 Å². The topological polar surface area (TPSA) is 38.9 Å². The van der Waals surface area contributed by atoms with Gasteiger partial charge >= 0.3 is 0 Å². The predicted molar refractivity (Wildman–Crippen MR) is 56.0 cm³/mol. The molecule has 0 spiro atoms. The molecule has 72 valence electrons. The number of pyridine rings is 1. The number of nitrogens with two attached hydrogens (primary N) is 1. The first-order valence-corrected chi connectivity index (χ1v) is 4.55. The van der Waals surface area contributed by atoms with E-state index in [1.165, 1.54) is 24.8 Å². The summed E-state index contributed by atoms with van der Waals surface area (Å²) in [6.45, 7) is 0.547. The average molecular weight is 199 g/mol. The Hall–Kier alpha value is -0.600. The Morgan fingerprint density at radius 2 is 2.15 bits per heavy atom. The van der Waals surface area contributed by atoms with Crippen LogP contribution in [0.15, 0.2) is 18.3 Å². The molecule has 1 heterocycles. The van der Waals surface area contributed by atoms with E-state index < -0.39 is 0 Å². The van der Waals surface area contributed by atoms with Gasteiger partial charge in [0.25, 0.3) is 0 Å². The van der Waals surface area contributed by atoms with E-state index >= 15 is 0 Å². The number of hydrogen-bond acceptors (Lipinski definition) is 2. The molecule has 1 aliphatic carbocycles. The Morgan fingerprint density at radius 3 is 2.54 bits per heavy atom. The molecule has 0 amide bonds. The van der Waals surface area contributed by atoms with E-state index in [1.807, 2.05) is 12.3 Å². The maximum absolute atomic E-state index is 5.46. The van der Waals surface area contributed by atoms with Crippen molar-refractivity contribution in [3.8, 4) is 0 Å². The summed E-state index contributed by atoms with van der Waals surface area (Å²) in [7, 11) is 0.